The lowest BCUT2D eigenvalue weighted by Gasteiger charge is -2.28. The Labute approximate surface area is 103 Å². The summed E-state index contributed by atoms with van der Waals surface area (Å²) in [5.41, 5.74) is -0.523. The molecule has 0 heterocycles. The number of carboxylic acid groups (broad SMARTS) is 1. The Balaban J connectivity index is 4.51. The van der Waals surface area contributed by atoms with E-state index in [4.69, 9.17) is 5.11 Å². The lowest BCUT2D eigenvalue weighted by molar-refractivity contribution is -0.137. The quantitative estimate of drug-likeness (QED) is 0.680. The van der Waals surface area contributed by atoms with Crippen LogP contribution in [0.3, 0.4) is 0 Å². The second-order valence-corrected chi connectivity index (χ2v) is 6.48. The summed E-state index contributed by atoms with van der Waals surface area (Å²) in [6.07, 6.45) is 1.39. The van der Waals surface area contributed by atoms with E-state index in [1.54, 1.807) is 13.8 Å². The normalized spacial score (nSPS) is 13.0. The van der Waals surface area contributed by atoms with Gasteiger partial charge >= 0.3 is 5.97 Å². The molecule has 0 unspecified atom stereocenters. The molecule has 0 saturated carbocycles. The highest BCUT2D eigenvalue weighted by Gasteiger charge is 2.27. The van der Waals surface area contributed by atoms with Gasteiger partial charge in [-0.1, -0.05) is 13.3 Å². The van der Waals surface area contributed by atoms with Crippen molar-refractivity contribution >= 4 is 16.2 Å². The Hall–Kier alpha value is -0.660. The number of hydrogen-bond donors (Lipinski definition) is 2. The van der Waals surface area contributed by atoms with Crippen LogP contribution in [0.15, 0.2) is 0 Å². The van der Waals surface area contributed by atoms with Gasteiger partial charge in [0.05, 0.1) is 6.42 Å². The minimum absolute atomic E-state index is 0.0348. The molecule has 6 nitrogen and oxygen atoms in total. The van der Waals surface area contributed by atoms with Gasteiger partial charge in [0.15, 0.2) is 0 Å². The molecule has 0 aromatic carbocycles. The van der Waals surface area contributed by atoms with E-state index >= 15 is 0 Å². The zero-order chi connectivity index (χ0) is 13.7. The average Bonchev–Trinajstić information content (AvgIpc) is 2.11. The van der Waals surface area contributed by atoms with Gasteiger partial charge in [0.1, 0.15) is 0 Å². The summed E-state index contributed by atoms with van der Waals surface area (Å²) in [7, 11) is -2.25. The number of hydrogen-bond acceptors (Lipinski definition) is 3. The molecule has 0 aromatic rings. The molecule has 0 aliphatic heterocycles. The summed E-state index contributed by atoms with van der Waals surface area (Å²) in [6, 6.07) is 0. The first-order valence-electron chi connectivity index (χ1n) is 5.58. The summed E-state index contributed by atoms with van der Waals surface area (Å²) >= 11 is 0. The summed E-state index contributed by atoms with van der Waals surface area (Å²) in [4.78, 5) is 10.4. The third-order valence-electron chi connectivity index (χ3n) is 2.33. The zero-order valence-corrected chi connectivity index (χ0v) is 11.7. The molecule has 7 heteroatoms. The zero-order valence-electron chi connectivity index (χ0n) is 10.9. The number of carboxylic acids is 1. The minimum Gasteiger partial charge on any atom is -0.481 e. The maximum absolute atomic E-state index is 11.9. The summed E-state index contributed by atoms with van der Waals surface area (Å²) in [5, 5.41) is 8.50. The maximum atomic E-state index is 11.9. The maximum Gasteiger partial charge on any atom is 0.304 e. The highest BCUT2D eigenvalue weighted by Crippen LogP contribution is 2.13. The predicted octanol–water partition coefficient (Wildman–Crippen LogP) is 0.806. The number of rotatable bonds is 8. The highest BCUT2D eigenvalue weighted by molar-refractivity contribution is 7.87. The molecule has 0 radical (unpaired) electrons. The van der Waals surface area contributed by atoms with Crippen molar-refractivity contribution in [3.63, 3.8) is 0 Å². The van der Waals surface area contributed by atoms with Crippen LogP contribution in [0.25, 0.3) is 0 Å². The van der Waals surface area contributed by atoms with Crippen LogP contribution in [0, 0.1) is 0 Å². The van der Waals surface area contributed by atoms with E-state index in [2.05, 4.69) is 4.72 Å². The molecule has 0 aromatic heterocycles. The molecule has 17 heavy (non-hydrogen) atoms. The fourth-order valence-corrected chi connectivity index (χ4v) is 2.76. The Bertz CT molecular complexity index is 351. The molecular weight excluding hydrogens is 244 g/mol. The van der Waals surface area contributed by atoms with Crippen molar-refractivity contribution in [1.82, 2.24) is 9.03 Å². The van der Waals surface area contributed by atoms with Crippen LogP contribution in [0.1, 0.15) is 40.0 Å². The van der Waals surface area contributed by atoms with Gasteiger partial charge in [-0.3, -0.25) is 4.79 Å². The van der Waals surface area contributed by atoms with Crippen molar-refractivity contribution in [2.24, 2.45) is 0 Å². The molecule has 0 amide bonds. The van der Waals surface area contributed by atoms with Gasteiger partial charge in [0, 0.05) is 19.1 Å². The van der Waals surface area contributed by atoms with E-state index in [9.17, 15) is 13.2 Å². The van der Waals surface area contributed by atoms with Gasteiger partial charge in [-0.2, -0.15) is 17.4 Å². The predicted molar refractivity (Wildman–Crippen MR) is 65.9 cm³/mol. The molecule has 0 bridgehead atoms. The SMILES string of the molecule is CCCC(C)(C)NS(=O)(=O)N(C)CCC(=O)O. The largest absolute Gasteiger partial charge is 0.481 e. The summed E-state index contributed by atoms with van der Waals surface area (Å²) < 4.78 is 27.3. The van der Waals surface area contributed by atoms with E-state index < -0.39 is 21.7 Å². The standard InChI is InChI=1S/C10H22N2O4S/c1-5-7-10(2,3)11-17(15,16)12(4)8-6-9(13)14/h11H,5-8H2,1-4H3,(H,13,14). The van der Waals surface area contributed by atoms with E-state index in [1.807, 2.05) is 6.92 Å². The first-order chi connectivity index (χ1) is 7.60. The first kappa shape index (κ1) is 16.3. The highest BCUT2D eigenvalue weighted by atomic mass is 32.2. The fraction of sp³-hybridized carbons (Fsp3) is 0.900. The fourth-order valence-electron chi connectivity index (χ4n) is 1.48. The molecule has 2 N–H and O–H groups in total. The number of carbonyl (C=O) groups is 1. The lowest BCUT2D eigenvalue weighted by atomic mass is 10.0. The van der Waals surface area contributed by atoms with Gasteiger partial charge in [-0.15, -0.1) is 0 Å². The summed E-state index contributed by atoms with van der Waals surface area (Å²) in [5.74, 6) is -1.01. The van der Waals surface area contributed by atoms with E-state index in [0.717, 1.165) is 17.1 Å². The second kappa shape index (κ2) is 6.32. The van der Waals surface area contributed by atoms with Crippen LogP contribution in [0.2, 0.25) is 0 Å². The lowest BCUT2D eigenvalue weighted by Crippen LogP contribution is -2.49. The third-order valence-corrected chi connectivity index (χ3v) is 4.14. The second-order valence-electron chi connectivity index (χ2n) is 4.71. The Morgan fingerprint density at radius 2 is 1.94 bits per heavy atom. The molecule has 0 aliphatic carbocycles. The topological polar surface area (TPSA) is 86.7 Å². The van der Waals surface area contributed by atoms with Crippen LogP contribution in [0.5, 0.6) is 0 Å². The van der Waals surface area contributed by atoms with Crippen LogP contribution < -0.4 is 4.72 Å². The van der Waals surface area contributed by atoms with Crippen molar-refractivity contribution in [2.45, 2.75) is 45.6 Å². The Morgan fingerprint density at radius 1 is 1.41 bits per heavy atom. The van der Waals surface area contributed by atoms with Crippen molar-refractivity contribution in [3.05, 3.63) is 0 Å². The first-order valence-corrected chi connectivity index (χ1v) is 7.02. The van der Waals surface area contributed by atoms with Gasteiger partial charge in [0.2, 0.25) is 0 Å². The Kier molecular flexibility index (Phi) is 6.08. The van der Waals surface area contributed by atoms with E-state index in [1.165, 1.54) is 7.05 Å². The van der Waals surface area contributed by atoms with E-state index in [0.29, 0.717) is 0 Å². The van der Waals surface area contributed by atoms with Crippen LogP contribution >= 0.6 is 0 Å². The number of aliphatic carboxylic acids is 1. The molecule has 0 atom stereocenters. The number of nitrogens with one attached hydrogen (secondary N) is 1. The molecule has 0 fully saturated rings. The van der Waals surface area contributed by atoms with Crippen molar-refractivity contribution < 1.29 is 18.3 Å². The van der Waals surface area contributed by atoms with Crippen LogP contribution in [-0.4, -0.2) is 42.9 Å². The van der Waals surface area contributed by atoms with E-state index in [-0.39, 0.29) is 13.0 Å². The van der Waals surface area contributed by atoms with Gasteiger partial charge in [-0.25, -0.2) is 0 Å². The molecule has 102 valence electrons. The molecule has 0 saturated heterocycles. The van der Waals surface area contributed by atoms with Crippen LogP contribution in [-0.2, 0) is 15.0 Å². The van der Waals surface area contributed by atoms with Crippen LogP contribution in [0.4, 0.5) is 0 Å². The molecule has 0 aliphatic rings. The van der Waals surface area contributed by atoms with Crippen molar-refractivity contribution in [2.75, 3.05) is 13.6 Å². The minimum atomic E-state index is -3.62. The van der Waals surface area contributed by atoms with Gasteiger partial charge < -0.3 is 5.11 Å². The summed E-state index contributed by atoms with van der Waals surface area (Å²) in [6.45, 7) is 5.55. The third kappa shape index (κ3) is 6.60. The molecule has 0 rings (SSSR count). The molecule has 0 spiro atoms. The number of nitrogens with zero attached hydrogens (tertiary/aromatic N) is 1. The van der Waals surface area contributed by atoms with Crippen molar-refractivity contribution in [3.8, 4) is 0 Å². The smallest absolute Gasteiger partial charge is 0.304 e. The molecular formula is C10H22N2O4S. The average molecular weight is 266 g/mol. The van der Waals surface area contributed by atoms with Gasteiger partial charge in [0.25, 0.3) is 10.2 Å². The Morgan fingerprint density at radius 3 is 2.35 bits per heavy atom. The monoisotopic (exact) mass is 266 g/mol. The van der Waals surface area contributed by atoms with Crippen molar-refractivity contribution in [1.29, 1.82) is 0 Å². The van der Waals surface area contributed by atoms with Gasteiger partial charge in [-0.05, 0) is 20.3 Å².